The monoisotopic (exact) mass is 576 g/mol. The molecule has 0 radical (unpaired) electrons. The van der Waals surface area contributed by atoms with Crippen molar-refractivity contribution in [3.8, 4) is 11.5 Å². The van der Waals surface area contributed by atoms with Gasteiger partial charge in [-0.05, 0) is 47.5 Å². The van der Waals surface area contributed by atoms with E-state index in [1.807, 2.05) is 72.8 Å². The Morgan fingerprint density at radius 2 is 0.941 bits per heavy atom. The van der Waals surface area contributed by atoms with Crippen LogP contribution in [0.3, 0.4) is 0 Å². The van der Waals surface area contributed by atoms with Crippen LogP contribution in [0.2, 0.25) is 0 Å². The predicted octanol–water partition coefficient (Wildman–Crippen LogP) is 7.64. The molecule has 0 spiro atoms. The lowest BCUT2D eigenvalue weighted by Crippen LogP contribution is -2.09. The van der Waals surface area contributed by atoms with Crippen molar-refractivity contribution in [2.45, 2.75) is 12.1 Å². The van der Waals surface area contributed by atoms with Crippen molar-refractivity contribution in [2.24, 2.45) is 9.98 Å². The minimum absolute atomic E-state index is 0.151. The molecule has 0 fully saturated rings. The maximum Gasteiger partial charge on any atom is 0.124 e. The quantitative estimate of drug-likeness (QED) is 0.222. The van der Waals surface area contributed by atoms with Gasteiger partial charge in [-0.3, -0.25) is 9.98 Å². The van der Waals surface area contributed by atoms with Gasteiger partial charge < -0.3 is 10.2 Å². The minimum Gasteiger partial charge on any atom is -0.507 e. The van der Waals surface area contributed by atoms with E-state index in [1.165, 1.54) is 0 Å². The normalized spacial score (nSPS) is 13.4. The first-order valence-corrected chi connectivity index (χ1v) is 12.2. The van der Waals surface area contributed by atoms with Gasteiger partial charge in [-0.15, -0.1) is 0 Å². The second kappa shape index (κ2) is 11.3. The van der Waals surface area contributed by atoms with E-state index in [0.29, 0.717) is 11.1 Å². The summed E-state index contributed by atoms with van der Waals surface area (Å²) >= 11 is 6.91. The van der Waals surface area contributed by atoms with Gasteiger partial charge in [-0.1, -0.05) is 92.5 Å². The Morgan fingerprint density at radius 1 is 0.559 bits per heavy atom. The number of hydrogen-bond acceptors (Lipinski definition) is 4. The molecule has 0 aliphatic carbocycles. The van der Waals surface area contributed by atoms with E-state index in [1.54, 1.807) is 36.7 Å². The summed E-state index contributed by atoms with van der Waals surface area (Å²) in [4.78, 5) is 9.81. The van der Waals surface area contributed by atoms with Crippen molar-refractivity contribution >= 4 is 44.3 Å². The lowest BCUT2D eigenvalue weighted by atomic mass is 9.94. The number of halogens is 2. The number of aromatic hydroxyl groups is 2. The van der Waals surface area contributed by atoms with Crippen LogP contribution in [0.5, 0.6) is 11.5 Å². The Hall–Kier alpha value is -3.22. The molecule has 0 saturated carbocycles. The summed E-state index contributed by atoms with van der Waals surface area (Å²) in [7, 11) is 0. The highest BCUT2D eigenvalue weighted by atomic mass is 79.9. The zero-order valence-electron chi connectivity index (χ0n) is 18.1. The molecule has 0 aliphatic heterocycles. The molecule has 0 aromatic heterocycles. The first-order chi connectivity index (χ1) is 16.5. The Balaban J connectivity index is 1.81. The van der Waals surface area contributed by atoms with E-state index in [2.05, 4.69) is 31.9 Å². The average molecular weight is 578 g/mol. The summed E-state index contributed by atoms with van der Waals surface area (Å²) in [5, 5.41) is 20.6. The molecular weight excluding hydrogens is 556 g/mol. The third-order valence-electron chi connectivity index (χ3n) is 5.31. The molecule has 170 valence electrons. The van der Waals surface area contributed by atoms with Gasteiger partial charge in [0.25, 0.3) is 0 Å². The van der Waals surface area contributed by atoms with Crippen LogP contribution in [0, 0.1) is 0 Å². The van der Waals surface area contributed by atoms with Crippen LogP contribution in [-0.2, 0) is 0 Å². The number of aliphatic imine (C=N–C) groups is 2. The topological polar surface area (TPSA) is 65.2 Å². The molecule has 2 N–H and O–H groups in total. The van der Waals surface area contributed by atoms with Crippen LogP contribution in [0.1, 0.15) is 34.3 Å². The first-order valence-electron chi connectivity index (χ1n) is 10.6. The van der Waals surface area contributed by atoms with Gasteiger partial charge in [0, 0.05) is 32.5 Å². The van der Waals surface area contributed by atoms with Gasteiger partial charge in [0.1, 0.15) is 23.6 Å². The van der Waals surface area contributed by atoms with Gasteiger partial charge in [-0.2, -0.15) is 0 Å². The van der Waals surface area contributed by atoms with Gasteiger partial charge in [0.15, 0.2) is 0 Å². The van der Waals surface area contributed by atoms with Crippen LogP contribution in [0.4, 0.5) is 0 Å². The largest absolute Gasteiger partial charge is 0.507 e. The summed E-state index contributed by atoms with van der Waals surface area (Å²) in [5.41, 5.74) is 3.18. The van der Waals surface area contributed by atoms with Crippen molar-refractivity contribution in [3.63, 3.8) is 0 Å². The molecule has 0 saturated heterocycles. The summed E-state index contributed by atoms with van der Waals surface area (Å²) in [6, 6.07) is 29.6. The van der Waals surface area contributed by atoms with Crippen LogP contribution in [0.15, 0.2) is 116 Å². The van der Waals surface area contributed by atoms with Crippen LogP contribution in [-0.4, -0.2) is 22.6 Å². The van der Waals surface area contributed by atoms with Gasteiger partial charge in [-0.25, -0.2) is 0 Å². The highest BCUT2D eigenvalue weighted by molar-refractivity contribution is 9.10. The lowest BCUT2D eigenvalue weighted by Gasteiger charge is -2.22. The highest BCUT2D eigenvalue weighted by Gasteiger charge is 2.23. The highest BCUT2D eigenvalue weighted by Crippen LogP contribution is 2.36. The Morgan fingerprint density at radius 3 is 1.32 bits per heavy atom. The van der Waals surface area contributed by atoms with E-state index >= 15 is 0 Å². The summed E-state index contributed by atoms with van der Waals surface area (Å²) in [5.74, 6) is 0.301. The van der Waals surface area contributed by atoms with E-state index in [9.17, 15) is 10.2 Å². The maximum atomic E-state index is 10.3. The molecular formula is C28H22Br2N2O2. The molecule has 0 bridgehead atoms. The average Bonchev–Trinajstić information content (AvgIpc) is 2.86. The molecule has 34 heavy (non-hydrogen) atoms. The molecule has 0 unspecified atom stereocenters. The fourth-order valence-electron chi connectivity index (χ4n) is 3.58. The fraction of sp³-hybridized carbons (Fsp3) is 0.0714. The third-order valence-corrected chi connectivity index (χ3v) is 6.30. The molecule has 4 aromatic carbocycles. The minimum atomic E-state index is -0.368. The Kier molecular flexibility index (Phi) is 7.93. The lowest BCUT2D eigenvalue weighted by molar-refractivity contribution is 0.473. The van der Waals surface area contributed by atoms with Crippen molar-refractivity contribution in [1.29, 1.82) is 0 Å². The zero-order chi connectivity index (χ0) is 23.9. The number of rotatable bonds is 7. The summed E-state index contributed by atoms with van der Waals surface area (Å²) in [6.45, 7) is 0. The third kappa shape index (κ3) is 6.01. The number of phenols is 2. The van der Waals surface area contributed by atoms with Crippen molar-refractivity contribution in [3.05, 3.63) is 128 Å². The van der Waals surface area contributed by atoms with Crippen molar-refractivity contribution < 1.29 is 10.2 Å². The maximum absolute atomic E-state index is 10.3. The van der Waals surface area contributed by atoms with E-state index in [0.717, 1.165) is 20.1 Å². The smallest absolute Gasteiger partial charge is 0.124 e. The number of hydrogen-bond donors (Lipinski definition) is 2. The van der Waals surface area contributed by atoms with Crippen molar-refractivity contribution in [2.75, 3.05) is 0 Å². The van der Waals surface area contributed by atoms with E-state index in [4.69, 9.17) is 9.98 Å². The Labute approximate surface area is 215 Å². The SMILES string of the molecule is Oc1ccc(Br)cc1C=N[C@H](c1ccccc1)[C@@H](/N=C/c1cc(Br)ccc1O)c1ccccc1. The molecule has 4 nitrogen and oxygen atoms in total. The molecule has 0 heterocycles. The standard InChI is InChI=1S/C28H22Br2N2O2/c29-23-11-13-25(33)21(15-23)17-31-27(19-7-3-1-4-8-19)28(20-9-5-2-6-10-20)32-18-22-16-24(30)12-14-26(22)34/h1-18,27-28,33-34H/b31-17+,32-18?/t27-,28+/m0/s1. The number of benzene rings is 4. The summed E-state index contributed by atoms with van der Waals surface area (Å²) in [6.07, 6.45) is 3.36. The molecule has 2 atom stereocenters. The van der Waals surface area contributed by atoms with Crippen LogP contribution >= 0.6 is 31.9 Å². The zero-order valence-corrected chi connectivity index (χ0v) is 21.3. The number of nitrogens with zero attached hydrogens (tertiary/aromatic N) is 2. The molecule has 4 aromatic rings. The van der Waals surface area contributed by atoms with Gasteiger partial charge in [0.05, 0.1) is 0 Å². The summed E-state index contributed by atoms with van der Waals surface area (Å²) < 4.78 is 1.71. The van der Waals surface area contributed by atoms with E-state index < -0.39 is 0 Å². The van der Waals surface area contributed by atoms with Crippen LogP contribution in [0.25, 0.3) is 0 Å². The van der Waals surface area contributed by atoms with Gasteiger partial charge >= 0.3 is 0 Å². The Bertz CT molecular complexity index is 1210. The van der Waals surface area contributed by atoms with E-state index in [-0.39, 0.29) is 23.6 Å². The molecule has 0 amide bonds. The van der Waals surface area contributed by atoms with Crippen LogP contribution < -0.4 is 0 Å². The van der Waals surface area contributed by atoms with Crippen molar-refractivity contribution in [1.82, 2.24) is 0 Å². The second-order valence-corrected chi connectivity index (χ2v) is 9.51. The van der Waals surface area contributed by atoms with Gasteiger partial charge in [0.2, 0.25) is 0 Å². The molecule has 0 aliphatic rings. The fourth-order valence-corrected chi connectivity index (χ4v) is 4.34. The molecule has 6 heteroatoms. The first kappa shape index (κ1) is 23.9. The predicted molar refractivity (Wildman–Crippen MR) is 145 cm³/mol. The second-order valence-electron chi connectivity index (χ2n) is 7.67. The molecule has 4 rings (SSSR count). The number of phenolic OH excluding ortho intramolecular Hbond substituents is 2.